The second-order valence-electron chi connectivity index (χ2n) is 6.31. The molecular formula is C21H25NO4. The van der Waals surface area contributed by atoms with Crippen molar-refractivity contribution >= 4 is 17.6 Å². The smallest absolute Gasteiger partial charge is 0.338 e. The van der Waals surface area contributed by atoms with Crippen LogP contribution in [0.3, 0.4) is 0 Å². The van der Waals surface area contributed by atoms with E-state index in [1.807, 2.05) is 25.1 Å². The minimum absolute atomic E-state index is 0.107. The van der Waals surface area contributed by atoms with Crippen molar-refractivity contribution in [1.82, 2.24) is 0 Å². The van der Waals surface area contributed by atoms with Crippen molar-refractivity contribution in [1.29, 1.82) is 0 Å². The number of nitrogens with one attached hydrogen (secondary N) is 1. The van der Waals surface area contributed by atoms with Gasteiger partial charge in [-0.2, -0.15) is 0 Å². The Hall–Kier alpha value is -2.82. The van der Waals surface area contributed by atoms with Crippen LogP contribution in [0.4, 0.5) is 5.69 Å². The van der Waals surface area contributed by atoms with Gasteiger partial charge in [0.05, 0.1) is 12.2 Å². The van der Waals surface area contributed by atoms with Gasteiger partial charge in [-0.25, -0.2) is 4.79 Å². The Morgan fingerprint density at radius 1 is 1.12 bits per heavy atom. The maximum atomic E-state index is 12.1. The van der Waals surface area contributed by atoms with Gasteiger partial charge in [0.1, 0.15) is 5.75 Å². The topological polar surface area (TPSA) is 64.6 Å². The van der Waals surface area contributed by atoms with Crippen LogP contribution in [0.1, 0.15) is 48.2 Å². The highest BCUT2D eigenvalue weighted by Gasteiger charge is 2.10. The van der Waals surface area contributed by atoms with Crippen molar-refractivity contribution in [3.63, 3.8) is 0 Å². The molecule has 0 unspecified atom stereocenters. The Bertz CT molecular complexity index is 783. The molecule has 1 amide bonds. The quantitative estimate of drug-likeness (QED) is 0.752. The number of benzene rings is 2. The largest absolute Gasteiger partial charge is 0.484 e. The second-order valence-corrected chi connectivity index (χ2v) is 6.31. The third kappa shape index (κ3) is 5.34. The van der Waals surface area contributed by atoms with Gasteiger partial charge < -0.3 is 14.8 Å². The highest BCUT2D eigenvalue weighted by Crippen LogP contribution is 2.23. The Kier molecular flexibility index (Phi) is 6.78. The summed E-state index contributed by atoms with van der Waals surface area (Å²) < 4.78 is 10.5. The summed E-state index contributed by atoms with van der Waals surface area (Å²) in [5, 5.41) is 2.72. The molecule has 5 nitrogen and oxygen atoms in total. The van der Waals surface area contributed by atoms with E-state index in [0.717, 1.165) is 5.56 Å². The zero-order valence-corrected chi connectivity index (χ0v) is 15.7. The lowest BCUT2D eigenvalue weighted by atomic mass is 9.98. The first-order valence-corrected chi connectivity index (χ1v) is 8.71. The fraction of sp³-hybridized carbons (Fsp3) is 0.333. The molecule has 0 atom stereocenters. The van der Waals surface area contributed by atoms with Crippen molar-refractivity contribution < 1.29 is 19.1 Å². The molecule has 0 aromatic heterocycles. The average Bonchev–Trinajstić information content (AvgIpc) is 2.60. The lowest BCUT2D eigenvalue weighted by molar-refractivity contribution is -0.118. The Labute approximate surface area is 154 Å². The number of carbonyl (C=O) groups excluding carboxylic acids is 2. The fourth-order valence-electron chi connectivity index (χ4n) is 2.67. The lowest BCUT2D eigenvalue weighted by Gasteiger charge is -2.12. The van der Waals surface area contributed by atoms with Crippen LogP contribution in [-0.2, 0) is 9.53 Å². The Morgan fingerprint density at radius 3 is 2.54 bits per heavy atom. The van der Waals surface area contributed by atoms with Crippen LogP contribution >= 0.6 is 0 Å². The first kappa shape index (κ1) is 19.5. The zero-order chi connectivity index (χ0) is 19.1. The average molecular weight is 355 g/mol. The Morgan fingerprint density at radius 2 is 1.88 bits per heavy atom. The number of carbonyl (C=O) groups is 2. The van der Waals surface area contributed by atoms with Gasteiger partial charge >= 0.3 is 5.97 Å². The number of ether oxygens (including phenoxy) is 2. The van der Waals surface area contributed by atoms with Gasteiger partial charge in [-0.3, -0.25) is 4.79 Å². The molecule has 138 valence electrons. The molecule has 1 N–H and O–H groups in total. The molecule has 0 aliphatic heterocycles. The van der Waals surface area contributed by atoms with Crippen LogP contribution in [0.5, 0.6) is 5.75 Å². The van der Waals surface area contributed by atoms with E-state index in [2.05, 4.69) is 19.2 Å². The lowest BCUT2D eigenvalue weighted by Crippen LogP contribution is -2.20. The fourth-order valence-corrected chi connectivity index (χ4v) is 2.67. The monoisotopic (exact) mass is 355 g/mol. The SMILES string of the molecule is CCOC(=O)c1cccc(NC(=O)COc2ccc(C(C)C)c(C)c2)c1. The molecule has 26 heavy (non-hydrogen) atoms. The summed E-state index contributed by atoms with van der Waals surface area (Å²) in [6.45, 7) is 8.25. The van der Waals surface area contributed by atoms with Gasteiger partial charge in [0, 0.05) is 5.69 Å². The van der Waals surface area contributed by atoms with Crippen molar-refractivity contribution in [2.75, 3.05) is 18.5 Å². The highest BCUT2D eigenvalue weighted by atomic mass is 16.5. The van der Waals surface area contributed by atoms with Gasteiger partial charge in [0.15, 0.2) is 6.61 Å². The van der Waals surface area contributed by atoms with Crippen molar-refractivity contribution in [3.05, 3.63) is 59.2 Å². The Balaban J connectivity index is 1.94. The number of rotatable bonds is 7. The molecule has 0 heterocycles. The van der Waals surface area contributed by atoms with Crippen LogP contribution in [0.25, 0.3) is 0 Å². The maximum absolute atomic E-state index is 12.1. The molecule has 5 heteroatoms. The number of hydrogen-bond donors (Lipinski definition) is 1. The molecule has 0 fully saturated rings. The molecule has 0 saturated heterocycles. The molecule has 0 saturated carbocycles. The summed E-state index contributed by atoms with van der Waals surface area (Å²) in [6, 6.07) is 12.5. The van der Waals surface area contributed by atoms with E-state index in [0.29, 0.717) is 29.5 Å². The minimum atomic E-state index is -0.416. The van der Waals surface area contributed by atoms with E-state index in [4.69, 9.17) is 9.47 Å². The van der Waals surface area contributed by atoms with Gasteiger partial charge in [0.2, 0.25) is 0 Å². The molecule has 0 aliphatic carbocycles. The van der Waals surface area contributed by atoms with E-state index < -0.39 is 5.97 Å². The summed E-state index contributed by atoms with van der Waals surface area (Å²) in [5.74, 6) is 0.388. The first-order valence-electron chi connectivity index (χ1n) is 8.71. The molecule has 0 spiro atoms. The molecular weight excluding hydrogens is 330 g/mol. The van der Waals surface area contributed by atoms with E-state index in [-0.39, 0.29) is 12.5 Å². The summed E-state index contributed by atoms with van der Waals surface area (Å²) in [5.41, 5.74) is 3.32. The molecule has 2 aromatic carbocycles. The maximum Gasteiger partial charge on any atom is 0.338 e. The number of anilines is 1. The number of amides is 1. The summed E-state index contributed by atoms with van der Waals surface area (Å²) in [4.78, 5) is 23.8. The molecule has 0 radical (unpaired) electrons. The van der Waals surface area contributed by atoms with Crippen LogP contribution in [0.2, 0.25) is 0 Å². The summed E-state index contributed by atoms with van der Waals surface area (Å²) in [7, 11) is 0. The van der Waals surface area contributed by atoms with Crippen LogP contribution in [-0.4, -0.2) is 25.1 Å². The van der Waals surface area contributed by atoms with Gasteiger partial charge in [-0.15, -0.1) is 0 Å². The standard InChI is InChI=1S/C21H25NO4/c1-5-25-21(24)16-7-6-8-17(12-16)22-20(23)13-26-18-9-10-19(14(2)3)15(4)11-18/h6-12,14H,5,13H2,1-4H3,(H,22,23). The normalized spacial score (nSPS) is 10.5. The predicted molar refractivity (Wildman–Crippen MR) is 102 cm³/mol. The van der Waals surface area contributed by atoms with E-state index in [1.54, 1.807) is 31.2 Å². The highest BCUT2D eigenvalue weighted by molar-refractivity contribution is 5.95. The van der Waals surface area contributed by atoms with Gasteiger partial charge in [-0.05, 0) is 61.2 Å². The first-order chi connectivity index (χ1) is 12.4. The number of hydrogen-bond acceptors (Lipinski definition) is 4. The second kappa shape index (κ2) is 9.04. The number of aryl methyl sites for hydroxylation is 1. The molecule has 2 aromatic rings. The molecule has 2 rings (SSSR count). The van der Waals surface area contributed by atoms with Gasteiger partial charge in [-0.1, -0.05) is 26.0 Å². The van der Waals surface area contributed by atoms with E-state index in [1.165, 1.54) is 5.56 Å². The van der Waals surface area contributed by atoms with Crippen LogP contribution in [0, 0.1) is 6.92 Å². The van der Waals surface area contributed by atoms with Crippen LogP contribution < -0.4 is 10.1 Å². The summed E-state index contributed by atoms with van der Waals surface area (Å²) in [6.07, 6.45) is 0. The minimum Gasteiger partial charge on any atom is -0.484 e. The number of esters is 1. The van der Waals surface area contributed by atoms with Crippen molar-refractivity contribution in [2.24, 2.45) is 0 Å². The van der Waals surface area contributed by atoms with Crippen molar-refractivity contribution in [2.45, 2.75) is 33.6 Å². The van der Waals surface area contributed by atoms with Crippen LogP contribution in [0.15, 0.2) is 42.5 Å². The summed E-state index contributed by atoms with van der Waals surface area (Å²) >= 11 is 0. The van der Waals surface area contributed by atoms with Crippen molar-refractivity contribution in [3.8, 4) is 5.75 Å². The van der Waals surface area contributed by atoms with E-state index >= 15 is 0 Å². The van der Waals surface area contributed by atoms with E-state index in [9.17, 15) is 9.59 Å². The third-order valence-electron chi connectivity index (χ3n) is 3.89. The third-order valence-corrected chi connectivity index (χ3v) is 3.89. The molecule has 0 bridgehead atoms. The van der Waals surface area contributed by atoms with Gasteiger partial charge in [0.25, 0.3) is 5.91 Å². The predicted octanol–water partition coefficient (Wildman–Crippen LogP) is 4.31. The zero-order valence-electron chi connectivity index (χ0n) is 15.7. The molecule has 0 aliphatic rings.